The molecule has 56 valence electrons. The van der Waals surface area contributed by atoms with Gasteiger partial charge in [0, 0.05) is 18.8 Å². The lowest BCUT2D eigenvalue weighted by molar-refractivity contribution is 0.580. The minimum Gasteiger partial charge on any atom is -0.398 e. The lowest BCUT2D eigenvalue weighted by Crippen LogP contribution is -2.43. The van der Waals surface area contributed by atoms with Gasteiger partial charge in [-0.25, -0.2) is 0 Å². The Labute approximate surface area is 65.0 Å². The van der Waals surface area contributed by atoms with Gasteiger partial charge in [0.1, 0.15) is 5.00 Å². The van der Waals surface area contributed by atoms with Crippen molar-refractivity contribution in [2.45, 2.75) is 11.4 Å². The lowest BCUT2D eigenvalue weighted by Gasteiger charge is -2.26. The average molecular weight is 160 g/mol. The first kappa shape index (κ1) is 7.57. The van der Waals surface area contributed by atoms with Crippen LogP contribution in [0.5, 0.6) is 0 Å². The first-order valence-corrected chi connectivity index (χ1v) is 3.42. The molecule has 0 aromatic rings. The fourth-order valence-electron chi connectivity index (χ4n) is 0.778. The minimum absolute atomic E-state index is 0.569. The zero-order valence-corrected chi connectivity index (χ0v) is 6.52. The van der Waals surface area contributed by atoms with E-state index < -0.39 is 5.00 Å². The molecule has 1 atom stereocenters. The zero-order chi connectivity index (χ0) is 7.61. The maximum absolute atomic E-state index is 6.01. The number of nitrogens with one attached hydrogen (secondary N) is 1. The van der Waals surface area contributed by atoms with Gasteiger partial charge in [0.05, 0.1) is 5.70 Å². The molecule has 0 saturated carbocycles. The smallest absolute Gasteiger partial charge is 0.140 e. The van der Waals surface area contributed by atoms with Gasteiger partial charge < -0.3 is 5.73 Å². The fourth-order valence-corrected chi connectivity index (χ4v) is 0.896. The summed E-state index contributed by atoms with van der Waals surface area (Å²) in [6.07, 6.45) is 3.93. The Balaban J connectivity index is 2.81. The SMILES string of the molecule is CNC1(Cl)CC=NC=C1N. The molecule has 0 amide bonds. The van der Waals surface area contributed by atoms with Gasteiger partial charge in [-0.05, 0) is 7.05 Å². The number of rotatable bonds is 1. The predicted octanol–water partition coefficient (Wildman–Crippen LogP) is 0.415. The van der Waals surface area contributed by atoms with Crippen LogP contribution >= 0.6 is 11.6 Å². The van der Waals surface area contributed by atoms with E-state index in [0.717, 1.165) is 0 Å². The molecule has 0 spiro atoms. The van der Waals surface area contributed by atoms with Crippen molar-refractivity contribution in [3.63, 3.8) is 0 Å². The molecular weight excluding hydrogens is 150 g/mol. The standard InChI is InChI=1S/C6H10ClN3/c1-9-6(7)2-3-10-4-5(6)8/h3-4,9H,2,8H2,1H3. The molecule has 0 radical (unpaired) electrons. The highest BCUT2D eigenvalue weighted by atomic mass is 35.5. The Kier molecular flexibility index (Phi) is 1.97. The highest BCUT2D eigenvalue weighted by molar-refractivity contribution is 6.26. The molecule has 1 aliphatic heterocycles. The van der Waals surface area contributed by atoms with Gasteiger partial charge in [-0.3, -0.25) is 10.3 Å². The number of nitrogens with two attached hydrogens (primary N) is 1. The van der Waals surface area contributed by atoms with Crippen molar-refractivity contribution in [3.05, 3.63) is 11.9 Å². The van der Waals surface area contributed by atoms with E-state index in [4.69, 9.17) is 17.3 Å². The Morgan fingerprint density at radius 3 is 3.00 bits per heavy atom. The van der Waals surface area contributed by atoms with Crippen molar-refractivity contribution >= 4 is 17.8 Å². The third kappa shape index (κ3) is 1.15. The van der Waals surface area contributed by atoms with Gasteiger partial charge in [0.2, 0.25) is 0 Å². The largest absolute Gasteiger partial charge is 0.398 e. The number of nitrogens with zero attached hydrogens (tertiary/aromatic N) is 1. The number of aliphatic imine (C=N–C) groups is 1. The molecule has 1 unspecified atom stereocenters. The molecular formula is C6H10ClN3. The van der Waals surface area contributed by atoms with Crippen LogP contribution in [-0.2, 0) is 0 Å². The molecule has 3 N–H and O–H groups in total. The Morgan fingerprint density at radius 1 is 1.90 bits per heavy atom. The van der Waals surface area contributed by atoms with Gasteiger partial charge in [-0.1, -0.05) is 11.6 Å². The Bertz CT molecular complexity index is 187. The van der Waals surface area contributed by atoms with Crippen molar-refractivity contribution in [1.82, 2.24) is 5.32 Å². The summed E-state index contributed by atoms with van der Waals surface area (Å²) in [7, 11) is 1.77. The highest BCUT2D eigenvalue weighted by Crippen LogP contribution is 2.23. The number of halogens is 1. The minimum atomic E-state index is -0.609. The molecule has 1 aliphatic rings. The average Bonchev–Trinajstić information content (AvgIpc) is 1.96. The maximum Gasteiger partial charge on any atom is 0.140 e. The van der Waals surface area contributed by atoms with E-state index in [1.54, 1.807) is 19.5 Å². The van der Waals surface area contributed by atoms with Crippen molar-refractivity contribution in [2.24, 2.45) is 10.7 Å². The van der Waals surface area contributed by atoms with Crippen molar-refractivity contribution in [2.75, 3.05) is 7.05 Å². The molecule has 0 fully saturated rings. The second-order valence-corrected chi connectivity index (χ2v) is 2.82. The van der Waals surface area contributed by atoms with Gasteiger partial charge in [0.25, 0.3) is 0 Å². The normalized spacial score (nSPS) is 32.0. The van der Waals surface area contributed by atoms with Crippen LogP contribution in [0.1, 0.15) is 6.42 Å². The van der Waals surface area contributed by atoms with Crippen LogP contribution in [0.2, 0.25) is 0 Å². The van der Waals surface area contributed by atoms with Gasteiger partial charge in [0.15, 0.2) is 0 Å². The third-order valence-electron chi connectivity index (χ3n) is 1.55. The highest BCUT2D eigenvalue weighted by Gasteiger charge is 2.28. The molecule has 4 heteroatoms. The summed E-state index contributed by atoms with van der Waals surface area (Å²) in [4.78, 5) is 3.26. The molecule has 0 saturated heterocycles. The zero-order valence-electron chi connectivity index (χ0n) is 5.76. The molecule has 0 aromatic heterocycles. The van der Waals surface area contributed by atoms with E-state index in [2.05, 4.69) is 10.3 Å². The quantitative estimate of drug-likeness (QED) is 0.430. The van der Waals surface area contributed by atoms with Crippen LogP contribution in [0.4, 0.5) is 0 Å². The predicted molar refractivity (Wildman–Crippen MR) is 43.0 cm³/mol. The van der Waals surface area contributed by atoms with Gasteiger partial charge >= 0.3 is 0 Å². The van der Waals surface area contributed by atoms with E-state index >= 15 is 0 Å². The van der Waals surface area contributed by atoms with E-state index in [9.17, 15) is 0 Å². The van der Waals surface area contributed by atoms with Crippen molar-refractivity contribution in [1.29, 1.82) is 0 Å². The van der Waals surface area contributed by atoms with Crippen LogP contribution in [0.25, 0.3) is 0 Å². The van der Waals surface area contributed by atoms with E-state index in [1.165, 1.54) is 0 Å². The van der Waals surface area contributed by atoms with Gasteiger partial charge in [-0.15, -0.1) is 0 Å². The maximum atomic E-state index is 6.01. The first-order valence-electron chi connectivity index (χ1n) is 3.04. The number of hydrogen-bond acceptors (Lipinski definition) is 3. The van der Waals surface area contributed by atoms with Crippen LogP contribution in [-0.4, -0.2) is 18.3 Å². The lowest BCUT2D eigenvalue weighted by atomic mass is 10.1. The molecule has 0 bridgehead atoms. The number of likely N-dealkylation sites (N-methyl/N-ethyl adjacent to an activating group) is 1. The topological polar surface area (TPSA) is 50.4 Å². The second kappa shape index (κ2) is 2.60. The molecule has 0 aliphatic carbocycles. The van der Waals surface area contributed by atoms with E-state index in [1.807, 2.05) is 0 Å². The summed E-state index contributed by atoms with van der Waals surface area (Å²) in [6.45, 7) is 0. The second-order valence-electron chi connectivity index (χ2n) is 2.17. The summed E-state index contributed by atoms with van der Waals surface area (Å²) < 4.78 is 0. The number of hydrogen-bond donors (Lipinski definition) is 2. The van der Waals surface area contributed by atoms with Crippen LogP contribution in [0, 0.1) is 0 Å². The Morgan fingerprint density at radius 2 is 2.60 bits per heavy atom. The summed E-state index contributed by atoms with van der Waals surface area (Å²) in [5.41, 5.74) is 6.15. The molecule has 3 nitrogen and oxygen atoms in total. The molecule has 1 rings (SSSR count). The summed E-state index contributed by atoms with van der Waals surface area (Å²) >= 11 is 6.01. The van der Waals surface area contributed by atoms with Crippen LogP contribution in [0.3, 0.4) is 0 Å². The Hall–Kier alpha value is -0.540. The summed E-state index contributed by atoms with van der Waals surface area (Å²) in [6, 6.07) is 0. The summed E-state index contributed by atoms with van der Waals surface area (Å²) in [5.74, 6) is 0. The third-order valence-corrected chi connectivity index (χ3v) is 2.11. The fraction of sp³-hybridized carbons (Fsp3) is 0.500. The monoisotopic (exact) mass is 159 g/mol. The first-order chi connectivity index (χ1) is 4.69. The molecule has 1 heterocycles. The molecule has 10 heavy (non-hydrogen) atoms. The van der Waals surface area contributed by atoms with E-state index in [-0.39, 0.29) is 0 Å². The van der Waals surface area contributed by atoms with E-state index in [0.29, 0.717) is 12.1 Å². The number of alkyl halides is 1. The van der Waals surface area contributed by atoms with Gasteiger partial charge in [-0.2, -0.15) is 0 Å². The van der Waals surface area contributed by atoms with Crippen LogP contribution in [0.15, 0.2) is 16.9 Å². The van der Waals surface area contributed by atoms with Crippen molar-refractivity contribution < 1.29 is 0 Å². The molecule has 0 aromatic carbocycles. The summed E-state index contributed by atoms with van der Waals surface area (Å²) in [5, 5.41) is 2.91. The van der Waals surface area contributed by atoms with Crippen molar-refractivity contribution in [3.8, 4) is 0 Å². The van der Waals surface area contributed by atoms with Crippen LogP contribution < -0.4 is 11.1 Å².